The Bertz CT molecular complexity index is 1360. The van der Waals surface area contributed by atoms with Crippen LogP contribution in [0, 0.1) is 11.6 Å². The van der Waals surface area contributed by atoms with E-state index in [4.69, 9.17) is 5.11 Å². The van der Waals surface area contributed by atoms with Gasteiger partial charge in [0, 0.05) is 11.6 Å². The Balaban J connectivity index is 1.74. The molecule has 0 aromatic heterocycles. The maximum atomic E-state index is 14.3. The van der Waals surface area contributed by atoms with Gasteiger partial charge in [0.2, 0.25) is 0 Å². The summed E-state index contributed by atoms with van der Waals surface area (Å²) in [5, 5.41) is 12.8. The van der Waals surface area contributed by atoms with E-state index in [0.717, 1.165) is 23.1 Å². The van der Waals surface area contributed by atoms with Gasteiger partial charge in [-0.05, 0) is 69.9 Å². The highest BCUT2D eigenvalue weighted by Gasteiger charge is 2.15. The Kier molecular flexibility index (Phi) is 5.77. The molecule has 158 valence electrons. The molecule has 0 heterocycles. The third kappa shape index (κ3) is 4.54. The summed E-state index contributed by atoms with van der Waals surface area (Å²) in [5.74, 6) is -2.67. The molecule has 0 aliphatic heterocycles. The molecule has 6 heteroatoms. The molecule has 0 fully saturated rings. The molecule has 0 bridgehead atoms. The molecule has 0 unspecified atom stereocenters. The van der Waals surface area contributed by atoms with Crippen LogP contribution < -0.4 is 5.32 Å². The molecule has 4 aromatic rings. The normalized spacial score (nSPS) is 11.1. The number of rotatable bonds is 5. The molecule has 4 aromatic carbocycles. The van der Waals surface area contributed by atoms with Gasteiger partial charge < -0.3 is 10.4 Å². The zero-order valence-electron chi connectivity index (χ0n) is 16.7. The summed E-state index contributed by atoms with van der Waals surface area (Å²) in [7, 11) is 0. The predicted octanol–water partition coefficient (Wildman–Crippen LogP) is 6.14. The molecule has 0 saturated carbocycles. The van der Waals surface area contributed by atoms with E-state index < -0.39 is 17.7 Å². The zero-order valence-corrected chi connectivity index (χ0v) is 16.7. The fourth-order valence-electron chi connectivity index (χ4n) is 3.41. The Morgan fingerprint density at radius 3 is 2.34 bits per heavy atom. The van der Waals surface area contributed by atoms with Gasteiger partial charge in [-0.25, -0.2) is 13.6 Å². The van der Waals surface area contributed by atoms with Crippen molar-refractivity contribution in [3.8, 4) is 11.1 Å². The Labute approximate surface area is 182 Å². The molecular weight excluding hydrogens is 412 g/mol. The summed E-state index contributed by atoms with van der Waals surface area (Å²) >= 11 is 0. The van der Waals surface area contributed by atoms with Gasteiger partial charge in [0.15, 0.2) is 0 Å². The average molecular weight is 429 g/mol. The second kappa shape index (κ2) is 8.81. The zero-order chi connectivity index (χ0) is 22.7. The molecule has 2 N–H and O–H groups in total. The molecule has 0 spiro atoms. The van der Waals surface area contributed by atoms with Crippen LogP contribution in [0.4, 0.5) is 14.5 Å². The maximum Gasteiger partial charge on any atom is 0.328 e. The van der Waals surface area contributed by atoms with Crippen molar-refractivity contribution in [2.75, 3.05) is 5.32 Å². The molecule has 0 aliphatic carbocycles. The van der Waals surface area contributed by atoms with Crippen molar-refractivity contribution in [2.24, 2.45) is 0 Å². The number of aliphatic carboxylic acids is 1. The number of fused-ring (bicyclic) bond motifs is 1. The fraction of sp³-hybridized carbons (Fsp3) is 0. The first kappa shape index (κ1) is 20.9. The van der Waals surface area contributed by atoms with Gasteiger partial charge >= 0.3 is 5.97 Å². The fourth-order valence-corrected chi connectivity index (χ4v) is 3.41. The molecule has 0 radical (unpaired) electrons. The largest absolute Gasteiger partial charge is 0.478 e. The minimum atomic E-state index is -1.14. The average Bonchev–Trinajstić information content (AvgIpc) is 2.79. The van der Waals surface area contributed by atoms with Gasteiger partial charge in [0.05, 0.1) is 5.69 Å². The topological polar surface area (TPSA) is 66.4 Å². The smallest absolute Gasteiger partial charge is 0.328 e. The van der Waals surface area contributed by atoms with Crippen LogP contribution in [0.15, 0.2) is 84.9 Å². The van der Waals surface area contributed by atoms with Gasteiger partial charge in [-0.3, -0.25) is 4.79 Å². The first-order chi connectivity index (χ1) is 15.4. The summed E-state index contributed by atoms with van der Waals surface area (Å²) in [5.41, 5.74) is 2.13. The number of carbonyl (C=O) groups excluding carboxylic acids is 1. The lowest BCUT2D eigenvalue weighted by Crippen LogP contribution is -2.14. The molecule has 4 nitrogen and oxygen atoms in total. The van der Waals surface area contributed by atoms with E-state index in [1.54, 1.807) is 30.3 Å². The highest BCUT2D eigenvalue weighted by molar-refractivity contribution is 6.14. The first-order valence-corrected chi connectivity index (χ1v) is 9.71. The number of carboxylic acids is 1. The number of halogens is 2. The molecule has 1 amide bonds. The van der Waals surface area contributed by atoms with Crippen LogP contribution in [0.1, 0.15) is 15.9 Å². The highest BCUT2D eigenvalue weighted by Crippen LogP contribution is 2.29. The summed E-state index contributed by atoms with van der Waals surface area (Å²) < 4.78 is 27.7. The summed E-state index contributed by atoms with van der Waals surface area (Å²) in [6, 6.07) is 20.7. The third-order valence-corrected chi connectivity index (χ3v) is 4.94. The van der Waals surface area contributed by atoms with Gasteiger partial charge in [-0.1, -0.05) is 42.5 Å². The van der Waals surface area contributed by atoms with Crippen molar-refractivity contribution in [1.82, 2.24) is 0 Å². The Morgan fingerprint density at radius 1 is 0.844 bits per heavy atom. The van der Waals surface area contributed by atoms with E-state index in [9.17, 15) is 18.4 Å². The van der Waals surface area contributed by atoms with Crippen LogP contribution in [-0.4, -0.2) is 17.0 Å². The minimum Gasteiger partial charge on any atom is -0.478 e. The quantitative estimate of drug-likeness (QED) is 0.375. The standard InChI is InChI=1S/C26H17F2NO3/c27-20-9-7-17(8-10-20)19-14-18-3-1-2-4-21(18)22(15-19)26(32)29-24-13-16(5-11-23(24)28)6-12-25(30)31/h1-15H,(H,29,32)(H,30,31)/b12-6+. The molecule has 4 rings (SSSR count). The van der Waals surface area contributed by atoms with Gasteiger partial charge in [-0.15, -0.1) is 0 Å². The van der Waals surface area contributed by atoms with Crippen LogP contribution in [0.5, 0.6) is 0 Å². The summed E-state index contributed by atoms with van der Waals surface area (Å²) in [6.07, 6.45) is 2.24. The number of benzene rings is 4. The van der Waals surface area contributed by atoms with Crippen LogP contribution in [-0.2, 0) is 4.79 Å². The number of hydrogen-bond acceptors (Lipinski definition) is 2. The number of carbonyl (C=O) groups is 2. The van der Waals surface area contributed by atoms with Gasteiger partial charge in [0.25, 0.3) is 5.91 Å². The number of anilines is 1. The van der Waals surface area contributed by atoms with Crippen molar-refractivity contribution < 1.29 is 23.5 Å². The van der Waals surface area contributed by atoms with E-state index in [2.05, 4.69) is 5.32 Å². The summed E-state index contributed by atoms with van der Waals surface area (Å²) in [4.78, 5) is 23.9. The number of carboxylic acid groups (broad SMARTS) is 1. The number of nitrogens with one attached hydrogen (secondary N) is 1. The van der Waals surface area contributed by atoms with Crippen molar-refractivity contribution in [2.45, 2.75) is 0 Å². The van der Waals surface area contributed by atoms with Crippen LogP contribution >= 0.6 is 0 Å². The van der Waals surface area contributed by atoms with Crippen molar-refractivity contribution in [3.63, 3.8) is 0 Å². The lowest BCUT2D eigenvalue weighted by atomic mass is 9.96. The molecular formula is C26H17F2NO3. The number of amides is 1. The lowest BCUT2D eigenvalue weighted by Gasteiger charge is -2.12. The van der Waals surface area contributed by atoms with E-state index in [1.807, 2.05) is 18.2 Å². The SMILES string of the molecule is O=C(O)/C=C/c1ccc(F)c(NC(=O)c2cc(-c3ccc(F)cc3)cc3ccccc23)c1. The highest BCUT2D eigenvalue weighted by atomic mass is 19.1. The second-order valence-electron chi connectivity index (χ2n) is 7.12. The van der Waals surface area contributed by atoms with Crippen molar-refractivity contribution in [3.05, 3.63) is 108 Å². The first-order valence-electron chi connectivity index (χ1n) is 9.71. The van der Waals surface area contributed by atoms with Crippen molar-refractivity contribution >= 4 is 34.4 Å². The molecule has 0 atom stereocenters. The third-order valence-electron chi connectivity index (χ3n) is 4.94. The maximum absolute atomic E-state index is 14.3. The lowest BCUT2D eigenvalue weighted by molar-refractivity contribution is -0.131. The minimum absolute atomic E-state index is 0.0706. The van der Waals surface area contributed by atoms with Crippen LogP contribution in [0.25, 0.3) is 28.0 Å². The Hall–Kier alpha value is -4.32. The van der Waals surface area contributed by atoms with E-state index in [0.29, 0.717) is 22.1 Å². The van der Waals surface area contributed by atoms with E-state index in [-0.39, 0.29) is 11.5 Å². The van der Waals surface area contributed by atoms with Crippen LogP contribution in [0.2, 0.25) is 0 Å². The van der Waals surface area contributed by atoms with Crippen LogP contribution in [0.3, 0.4) is 0 Å². The number of hydrogen-bond donors (Lipinski definition) is 2. The van der Waals surface area contributed by atoms with E-state index in [1.165, 1.54) is 30.3 Å². The molecule has 32 heavy (non-hydrogen) atoms. The van der Waals surface area contributed by atoms with Crippen molar-refractivity contribution in [1.29, 1.82) is 0 Å². The molecule has 0 aliphatic rings. The Morgan fingerprint density at radius 2 is 1.59 bits per heavy atom. The second-order valence-corrected chi connectivity index (χ2v) is 7.12. The predicted molar refractivity (Wildman–Crippen MR) is 120 cm³/mol. The van der Waals surface area contributed by atoms with Gasteiger partial charge in [0.1, 0.15) is 11.6 Å². The summed E-state index contributed by atoms with van der Waals surface area (Å²) in [6.45, 7) is 0. The van der Waals surface area contributed by atoms with E-state index >= 15 is 0 Å². The van der Waals surface area contributed by atoms with Gasteiger partial charge in [-0.2, -0.15) is 0 Å². The monoisotopic (exact) mass is 429 g/mol. The molecule has 0 saturated heterocycles.